The number of esters is 1. The number of nitrogens with one attached hydrogen (secondary N) is 1. The van der Waals surface area contributed by atoms with E-state index in [2.05, 4.69) is 15.3 Å². The Morgan fingerprint density at radius 1 is 1.34 bits per heavy atom. The van der Waals surface area contributed by atoms with Gasteiger partial charge in [-0.1, -0.05) is 13.0 Å². The molecule has 0 radical (unpaired) electrons. The lowest BCUT2D eigenvalue weighted by Crippen LogP contribution is -2.44. The van der Waals surface area contributed by atoms with E-state index in [9.17, 15) is 22.8 Å². The van der Waals surface area contributed by atoms with Gasteiger partial charge < -0.3 is 14.6 Å². The number of rotatable bonds is 7. The molecule has 154 valence electrons. The van der Waals surface area contributed by atoms with E-state index < -0.39 is 29.7 Å². The molecule has 2 aromatic heterocycles. The lowest BCUT2D eigenvalue weighted by Gasteiger charge is -2.17. The van der Waals surface area contributed by atoms with Crippen LogP contribution in [0.4, 0.5) is 13.2 Å². The number of para-hydroxylation sites is 1. The van der Waals surface area contributed by atoms with Crippen molar-refractivity contribution in [1.29, 1.82) is 0 Å². The van der Waals surface area contributed by atoms with Crippen LogP contribution in [-0.4, -0.2) is 39.1 Å². The molecule has 29 heavy (non-hydrogen) atoms. The molecule has 0 spiro atoms. The van der Waals surface area contributed by atoms with Crippen molar-refractivity contribution in [3.05, 3.63) is 47.5 Å². The summed E-state index contributed by atoms with van der Waals surface area (Å²) in [6.07, 6.45) is 0.617. The van der Waals surface area contributed by atoms with Crippen molar-refractivity contribution in [2.24, 2.45) is 0 Å². The average molecular weight is 426 g/mol. The van der Waals surface area contributed by atoms with Gasteiger partial charge in [0.2, 0.25) is 0 Å². The first-order chi connectivity index (χ1) is 13.8. The number of halogens is 3. The van der Waals surface area contributed by atoms with Gasteiger partial charge in [0.1, 0.15) is 6.04 Å². The van der Waals surface area contributed by atoms with E-state index in [0.717, 1.165) is 17.4 Å². The van der Waals surface area contributed by atoms with Crippen molar-refractivity contribution in [2.75, 3.05) is 6.61 Å². The minimum Gasteiger partial charge on any atom is -0.464 e. The number of amides is 1. The van der Waals surface area contributed by atoms with Gasteiger partial charge in [-0.05, 0) is 18.6 Å². The molecule has 0 aliphatic heterocycles. The first kappa shape index (κ1) is 20.8. The van der Waals surface area contributed by atoms with Crippen LogP contribution in [0.2, 0.25) is 0 Å². The molecule has 1 aromatic carbocycles. The fraction of sp³-hybridized carbons (Fsp3) is 0.333. The number of hydrogen-bond acceptors (Lipinski definition) is 6. The average Bonchev–Trinajstić information content (AvgIpc) is 3.33. The molecule has 0 saturated carbocycles. The minimum absolute atomic E-state index is 0.0625. The van der Waals surface area contributed by atoms with Gasteiger partial charge in [0.05, 0.1) is 35.3 Å². The van der Waals surface area contributed by atoms with Gasteiger partial charge in [-0.15, -0.1) is 11.3 Å². The Labute approximate surface area is 167 Å². The molecule has 3 rings (SSSR count). The topological polar surface area (TPSA) is 86.1 Å². The molecule has 1 atom stereocenters. The number of carbonyl (C=O) groups is 2. The highest BCUT2D eigenvalue weighted by Crippen LogP contribution is 2.36. The molecule has 1 N–H and O–H groups in total. The third kappa shape index (κ3) is 4.91. The molecule has 0 aliphatic carbocycles. The summed E-state index contributed by atoms with van der Waals surface area (Å²) in [5.41, 5.74) is -1.21. The largest absolute Gasteiger partial charge is 0.464 e. The van der Waals surface area contributed by atoms with Gasteiger partial charge in [0.15, 0.2) is 5.01 Å². The molecule has 3 aromatic rings. The number of fused-ring (bicyclic) bond motifs is 1. The second-order valence-corrected chi connectivity index (χ2v) is 7.15. The predicted molar refractivity (Wildman–Crippen MR) is 99.4 cm³/mol. The number of hydrogen-bond donors (Lipinski definition) is 1. The second-order valence-electron chi connectivity index (χ2n) is 6.12. The fourth-order valence-electron chi connectivity index (χ4n) is 2.58. The third-order valence-electron chi connectivity index (χ3n) is 3.91. The number of imidazole rings is 1. The summed E-state index contributed by atoms with van der Waals surface area (Å²) < 4.78 is 46.4. The predicted octanol–water partition coefficient (Wildman–Crippen LogP) is 3.26. The zero-order valence-electron chi connectivity index (χ0n) is 15.3. The number of nitrogens with zero attached hydrogens (tertiary/aromatic N) is 3. The standard InChI is InChI=1S/C18H17F3N4O3S/c1-2-8-28-17(27)12(9-25-7-6-22-10-25)23-15(26)16-24-14-11(18(19,20)21)4-3-5-13(14)29-16/h3-7,10,12H,2,8-9H2,1H3,(H,23,26). The molecular formula is C18H17F3N4O3S. The van der Waals surface area contributed by atoms with Crippen molar-refractivity contribution in [1.82, 2.24) is 19.9 Å². The van der Waals surface area contributed by atoms with Crippen molar-refractivity contribution in [3.8, 4) is 0 Å². The van der Waals surface area contributed by atoms with Crippen LogP contribution < -0.4 is 5.32 Å². The third-order valence-corrected chi connectivity index (χ3v) is 4.93. The van der Waals surface area contributed by atoms with Crippen LogP contribution in [-0.2, 0) is 22.3 Å². The molecule has 1 unspecified atom stereocenters. The lowest BCUT2D eigenvalue weighted by atomic mass is 10.2. The van der Waals surface area contributed by atoms with Gasteiger partial charge in [-0.2, -0.15) is 13.2 Å². The van der Waals surface area contributed by atoms with Gasteiger partial charge in [0.25, 0.3) is 5.91 Å². The number of thiazole rings is 1. The molecular weight excluding hydrogens is 409 g/mol. The molecule has 2 heterocycles. The monoisotopic (exact) mass is 426 g/mol. The maximum Gasteiger partial charge on any atom is 0.418 e. The summed E-state index contributed by atoms with van der Waals surface area (Å²) in [4.78, 5) is 32.7. The van der Waals surface area contributed by atoms with Crippen molar-refractivity contribution >= 4 is 33.4 Å². The van der Waals surface area contributed by atoms with E-state index in [1.165, 1.54) is 24.7 Å². The van der Waals surface area contributed by atoms with Crippen LogP contribution in [0.25, 0.3) is 10.2 Å². The van der Waals surface area contributed by atoms with Crippen LogP contribution in [0.1, 0.15) is 28.7 Å². The van der Waals surface area contributed by atoms with Crippen molar-refractivity contribution in [3.63, 3.8) is 0 Å². The molecule has 0 aliphatic rings. The molecule has 11 heteroatoms. The number of carbonyl (C=O) groups excluding carboxylic acids is 2. The Morgan fingerprint density at radius 3 is 2.79 bits per heavy atom. The van der Waals surface area contributed by atoms with Crippen molar-refractivity contribution in [2.45, 2.75) is 32.1 Å². The summed E-state index contributed by atoms with van der Waals surface area (Å²) in [5.74, 6) is -1.40. The van der Waals surface area contributed by atoms with E-state index in [-0.39, 0.29) is 28.4 Å². The molecule has 7 nitrogen and oxygen atoms in total. The summed E-state index contributed by atoms with van der Waals surface area (Å²) in [5, 5.41) is 2.33. The van der Waals surface area contributed by atoms with Gasteiger partial charge in [0, 0.05) is 12.4 Å². The summed E-state index contributed by atoms with van der Waals surface area (Å²) in [7, 11) is 0. The Balaban J connectivity index is 1.84. The Bertz CT molecular complexity index is 1000. The van der Waals surface area contributed by atoms with Gasteiger partial charge >= 0.3 is 12.1 Å². The maximum atomic E-state index is 13.2. The van der Waals surface area contributed by atoms with Crippen LogP contribution in [0.3, 0.4) is 0 Å². The Kier molecular flexibility index (Phi) is 6.16. The number of ether oxygens (including phenoxy) is 1. The fourth-order valence-corrected chi connectivity index (χ4v) is 3.48. The smallest absolute Gasteiger partial charge is 0.418 e. The number of alkyl halides is 3. The van der Waals surface area contributed by atoms with Crippen LogP contribution in [0.15, 0.2) is 36.9 Å². The first-order valence-corrected chi connectivity index (χ1v) is 9.51. The maximum absolute atomic E-state index is 13.2. The van der Waals surface area contributed by atoms with E-state index >= 15 is 0 Å². The van der Waals surface area contributed by atoms with Gasteiger partial charge in [-0.25, -0.2) is 14.8 Å². The van der Waals surface area contributed by atoms with Crippen molar-refractivity contribution < 1.29 is 27.5 Å². The zero-order valence-corrected chi connectivity index (χ0v) is 16.1. The SMILES string of the molecule is CCCOC(=O)C(Cn1ccnc1)NC(=O)c1nc2c(C(F)(F)F)cccc2s1. The highest BCUT2D eigenvalue weighted by atomic mass is 32.1. The second kappa shape index (κ2) is 8.60. The quantitative estimate of drug-likeness (QED) is 0.586. The minimum atomic E-state index is -4.59. The molecule has 0 fully saturated rings. The normalized spacial score (nSPS) is 12.7. The summed E-state index contributed by atoms with van der Waals surface area (Å²) >= 11 is 0.821. The van der Waals surface area contributed by atoms with Gasteiger partial charge in [-0.3, -0.25) is 4.79 Å². The molecule has 1 amide bonds. The number of benzene rings is 1. The molecule has 0 saturated heterocycles. The van der Waals surface area contributed by atoms with Crippen LogP contribution in [0.5, 0.6) is 0 Å². The summed E-state index contributed by atoms with van der Waals surface area (Å²) in [6, 6.07) is 2.58. The lowest BCUT2D eigenvalue weighted by molar-refractivity contribution is -0.146. The van der Waals surface area contributed by atoms with Crippen LogP contribution >= 0.6 is 11.3 Å². The van der Waals surface area contributed by atoms with E-state index in [1.807, 2.05) is 6.92 Å². The highest BCUT2D eigenvalue weighted by molar-refractivity contribution is 7.20. The highest BCUT2D eigenvalue weighted by Gasteiger charge is 2.34. The van der Waals surface area contributed by atoms with E-state index in [0.29, 0.717) is 6.42 Å². The first-order valence-electron chi connectivity index (χ1n) is 8.69. The van der Waals surface area contributed by atoms with Crippen LogP contribution in [0, 0.1) is 0 Å². The number of aromatic nitrogens is 3. The Hall–Kier alpha value is -2.95. The molecule has 0 bridgehead atoms. The van der Waals surface area contributed by atoms with E-state index in [4.69, 9.17) is 4.74 Å². The van der Waals surface area contributed by atoms with E-state index in [1.54, 1.807) is 10.8 Å². The summed E-state index contributed by atoms with van der Waals surface area (Å²) in [6.45, 7) is 2.08. The Morgan fingerprint density at radius 2 is 2.14 bits per heavy atom. The zero-order chi connectivity index (χ0) is 21.0.